The van der Waals surface area contributed by atoms with Crippen molar-refractivity contribution in [2.75, 3.05) is 4.90 Å². The van der Waals surface area contributed by atoms with Crippen molar-refractivity contribution in [3.05, 3.63) is 50.9 Å². The first kappa shape index (κ1) is 23.2. The average Bonchev–Trinajstić information content (AvgIpc) is 2.85. The Morgan fingerprint density at radius 1 is 1.26 bits per heavy atom. The summed E-state index contributed by atoms with van der Waals surface area (Å²) in [5.74, 6) is -0.138. The van der Waals surface area contributed by atoms with Crippen LogP contribution in [-0.2, 0) is 9.53 Å². The van der Waals surface area contributed by atoms with Gasteiger partial charge in [-0.1, -0.05) is 23.7 Å². The van der Waals surface area contributed by atoms with Crippen LogP contribution in [0.1, 0.15) is 55.7 Å². The summed E-state index contributed by atoms with van der Waals surface area (Å²) in [6.07, 6.45) is -0.0794. The number of carbonyl (C=O) groups is 1. The van der Waals surface area contributed by atoms with Crippen LogP contribution in [0, 0.1) is 24.7 Å². The maximum atomic E-state index is 12.6. The molecule has 0 fully saturated rings. The Morgan fingerprint density at radius 2 is 1.87 bits per heavy atom. The normalized spacial score (nSPS) is 16.5. The van der Waals surface area contributed by atoms with Crippen LogP contribution in [0.5, 0.6) is 0 Å². The fraction of sp³-hybridized carbons (Fsp3) is 0.391. The summed E-state index contributed by atoms with van der Waals surface area (Å²) in [7, 11) is 0. The molecule has 2 N–H and O–H groups in total. The second-order valence-electron chi connectivity index (χ2n) is 8.56. The molecule has 2 aromatic rings. The van der Waals surface area contributed by atoms with Crippen molar-refractivity contribution in [3.8, 4) is 0 Å². The van der Waals surface area contributed by atoms with Gasteiger partial charge in [0.2, 0.25) is 0 Å². The molecule has 2 heterocycles. The Labute approximate surface area is 191 Å². The number of halogens is 1. The van der Waals surface area contributed by atoms with E-state index < -0.39 is 17.6 Å². The van der Waals surface area contributed by atoms with E-state index in [1.54, 1.807) is 24.0 Å². The summed E-state index contributed by atoms with van der Waals surface area (Å²) in [6.45, 7) is 11.1. The van der Waals surface area contributed by atoms with Gasteiger partial charge in [0.25, 0.3) is 0 Å². The molecule has 1 aromatic carbocycles. The van der Waals surface area contributed by atoms with Gasteiger partial charge in [-0.25, -0.2) is 0 Å². The maximum Gasteiger partial charge on any atom is 0.308 e. The van der Waals surface area contributed by atoms with Gasteiger partial charge < -0.3 is 4.74 Å². The van der Waals surface area contributed by atoms with Gasteiger partial charge in [-0.3, -0.25) is 25.5 Å². The molecule has 31 heavy (non-hydrogen) atoms. The summed E-state index contributed by atoms with van der Waals surface area (Å²) >= 11 is 7.62. The number of nitrogens with zero attached hydrogens (tertiary/aromatic N) is 2. The molecule has 8 heteroatoms. The highest BCUT2D eigenvalue weighted by atomic mass is 35.5. The van der Waals surface area contributed by atoms with Crippen LogP contribution in [0.2, 0.25) is 5.02 Å². The number of thiophene rings is 1. The van der Waals surface area contributed by atoms with Crippen LogP contribution in [-0.4, -0.2) is 35.0 Å². The number of fused-ring (bicyclic) bond motifs is 1. The smallest absolute Gasteiger partial charge is 0.308 e. The lowest BCUT2D eigenvalue weighted by atomic mass is 9.99. The summed E-state index contributed by atoms with van der Waals surface area (Å²) in [5, 5.41) is 18.6. The van der Waals surface area contributed by atoms with Crippen LogP contribution >= 0.6 is 22.9 Å². The molecule has 0 unspecified atom stereocenters. The van der Waals surface area contributed by atoms with Crippen LogP contribution < -0.4 is 4.90 Å². The molecule has 3 rings (SSSR count). The van der Waals surface area contributed by atoms with E-state index in [0.29, 0.717) is 10.7 Å². The molecule has 0 aliphatic carbocycles. The van der Waals surface area contributed by atoms with Gasteiger partial charge >= 0.3 is 5.97 Å². The number of esters is 1. The number of amidine groups is 2. The molecule has 1 atom stereocenters. The van der Waals surface area contributed by atoms with Crippen LogP contribution in [0.3, 0.4) is 0 Å². The summed E-state index contributed by atoms with van der Waals surface area (Å²) in [5.41, 5.74) is 2.84. The Hall–Kier alpha value is -2.51. The van der Waals surface area contributed by atoms with Crippen molar-refractivity contribution < 1.29 is 9.53 Å². The maximum absolute atomic E-state index is 12.6. The molecule has 0 amide bonds. The van der Waals surface area contributed by atoms with Crippen molar-refractivity contribution in [1.29, 1.82) is 10.8 Å². The number of aliphatic imine (C=N–C) groups is 1. The molecule has 1 aromatic heterocycles. The lowest BCUT2D eigenvalue weighted by Gasteiger charge is -2.25. The van der Waals surface area contributed by atoms with E-state index >= 15 is 0 Å². The van der Waals surface area contributed by atoms with Crippen LogP contribution in [0.4, 0.5) is 5.00 Å². The lowest BCUT2D eigenvalue weighted by molar-refractivity contribution is -0.154. The topological polar surface area (TPSA) is 89.6 Å². The molecule has 1 aliphatic heterocycles. The van der Waals surface area contributed by atoms with Gasteiger partial charge in [-0.05, 0) is 59.2 Å². The van der Waals surface area contributed by atoms with E-state index in [1.165, 1.54) is 11.3 Å². The first-order valence-electron chi connectivity index (χ1n) is 9.98. The number of carbonyl (C=O) groups excluding carboxylic acids is 1. The second kappa shape index (κ2) is 8.55. The number of ether oxygens (including phenoxy) is 1. The zero-order valence-electron chi connectivity index (χ0n) is 18.6. The summed E-state index contributed by atoms with van der Waals surface area (Å²) in [4.78, 5) is 20.2. The zero-order chi connectivity index (χ0) is 23.1. The van der Waals surface area contributed by atoms with Crippen molar-refractivity contribution >= 4 is 51.3 Å². The van der Waals surface area contributed by atoms with Crippen molar-refractivity contribution in [3.63, 3.8) is 0 Å². The lowest BCUT2D eigenvalue weighted by Crippen LogP contribution is -2.41. The van der Waals surface area contributed by atoms with Gasteiger partial charge in [-0.2, -0.15) is 0 Å². The van der Waals surface area contributed by atoms with Crippen LogP contribution in [0.25, 0.3) is 0 Å². The summed E-state index contributed by atoms with van der Waals surface area (Å²) in [6, 6.07) is 6.59. The average molecular weight is 459 g/mol. The Balaban J connectivity index is 2.19. The molecule has 0 radical (unpaired) electrons. The quantitative estimate of drug-likeness (QED) is 0.348. The monoisotopic (exact) mass is 458 g/mol. The third kappa shape index (κ3) is 4.88. The molecule has 164 valence electrons. The predicted molar refractivity (Wildman–Crippen MR) is 129 cm³/mol. The highest BCUT2D eigenvalue weighted by molar-refractivity contribution is 7.17. The first-order chi connectivity index (χ1) is 14.4. The number of aryl methyl sites for hydroxylation is 1. The molecule has 0 spiro atoms. The molecule has 1 aliphatic rings. The fourth-order valence-electron chi connectivity index (χ4n) is 3.43. The Kier molecular flexibility index (Phi) is 6.39. The third-order valence-corrected chi connectivity index (χ3v) is 6.33. The van der Waals surface area contributed by atoms with Gasteiger partial charge in [0, 0.05) is 21.0 Å². The standard InChI is InChI=1S/C23H27ClN4O2S/c1-12-13(2)31-22-19(12)20(15-7-9-16(24)10-8-15)27-17(21(26)28(22)14(3)25)11-18(29)30-23(4,5)6/h7-10,17,25-26H,11H2,1-6H3/t17-/m0/s1. The van der Waals surface area contributed by atoms with Gasteiger partial charge in [0.05, 0.1) is 12.1 Å². The minimum Gasteiger partial charge on any atom is -0.460 e. The van der Waals surface area contributed by atoms with Gasteiger partial charge in [0.15, 0.2) is 0 Å². The van der Waals surface area contributed by atoms with Crippen LogP contribution in [0.15, 0.2) is 29.3 Å². The number of anilines is 1. The van der Waals surface area contributed by atoms with Gasteiger partial charge in [-0.15, -0.1) is 11.3 Å². The minimum atomic E-state index is -0.778. The van der Waals surface area contributed by atoms with E-state index in [0.717, 1.165) is 26.6 Å². The second-order valence-corrected chi connectivity index (χ2v) is 10.2. The molecule has 0 saturated carbocycles. The number of nitrogens with one attached hydrogen (secondary N) is 2. The number of benzene rings is 1. The highest BCUT2D eigenvalue weighted by Gasteiger charge is 2.35. The molecular formula is C23H27ClN4O2S. The Bertz CT molecular complexity index is 1080. The molecule has 0 bridgehead atoms. The minimum absolute atomic E-state index is 0.0794. The van der Waals surface area contributed by atoms with Gasteiger partial charge in [0.1, 0.15) is 28.3 Å². The van der Waals surface area contributed by atoms with E-state index in [2.05, 4.69) is 0 Å². The number of hydrogen-bond acceptors (Lipinski definition) is 6. The number of rotatable bonds is 3. The first-order valence-corrected chi connectivity index (χ1v) is 11.2. The Morgan fingerprint density at radius 3 is 2.42 bits per heavy atom. The van der Waals surface area contributed by atoms with Crippen molar-refractivity contribution in [2.24, 2.45) is 4.99 Å². The highest BCUT2D eigenvalue weighted by Crippen LogP contribution is 2.40. The third-order valence-electron chi connectivity index (χ3n) is 4.88. The fourth-order valence-corrected chi connectivity index (χ4v) is 4.78. The molecular weight excluding hydrogens is 432 g/mol. The molecule has 0 saturated heterocycles. The van der Waals surface area contributed by atoms with E-state index in [-0.39, 0.29) is 18.1 Å². The van der Waals surface area contributed by atoms with E-state index in [4.69, 9.17) is 32.1 Å². The summed E-state index contributed by atoms with van der Waals surface area (Å²) < 4.78 is 5.49. The molecule has 6 nitrogen and oxygen atoms in total. The predicted octanol–water partition coefficient (Wildman–Crippen LogP) is 5.75. The van der Waals surface area contributed by atoms with E-state index in [1.807, 2.05) is 46.8 Å². The zero-order valence-corrected chi connectivity index (χ0v) is 20.2. The van der Waals surface area contributed by atoms with E-state index in [9.17, 15) is 4.79 Å². The van der Waals surface area contributed by atoms with Crippen molar-refractivity contribution in [1.82, 2.24) is 0 Å². The SMILES string of the molecule is CC(=N)N1C(=N)[C@H](CC(=O)OC(C)(C)C)N=C(c2ccc(Cl)cc2)c2c1sc(C)c2C. The van der Waals surface area contributed by atoms with Crippen molar-refractivity contribution in [2.45, 2.75) is 59.6 Å². The largest absolute Gasteiger partial charge is 0.460 e. The number of hydrogen-bond donors (Lipinski definition) is 2.